The van der Waals surface area contributed by atoms with Crippen LogP contribution in [0.3, 0.4) is 0 Å². The Labute approximate surface area is 137 Å². The van der Waals surface area contributed by atoms with Gasteiger partial charge < -0.3 is 9.64 Å². The second-order valence-corrected chi connectivity index (χ2v) is 6.02. The number of thiocarbonyl (C=S) groups is 1. The molecule has 1 saturated heterocycles. The molecular formula is C14H21ClN2OS2. The van der Waals surface area contributed by atoms with Gasteiger partial charge in [-0.3, -0.25) is 4.90 Å². The van der Waals surface area contributed by atoms with E-state index in [0.717, 1.165) is 42.8 Å². The van der Waals surface area contributed by atoms with Crippen molar-refractivity contribution >= 4 is 40.7 Å². The molecule has 1 aromatic carbocycles. The van der Waals surface area contributed by atoms with Crippen molar-refractivity contribution in [3.05, 3.63) is 29.8 Å². The van der Waals surface area contributed by atoms with E-state index in [2.05, 4.69) is 21.9 Å². The molecule has 0 spiro atoms. The SMILES string of the molecule is COc1cccc(CN2CCN(C(=S)SC)CC2)c1.Cl. The lowest BCUT2D eigenvalue weighted by atomic mass is 10.2. The number of halogens is 1. The summed E-state index contributed by atoms with van der Waals surface area (Å²) in [6.07, 6.45) is 2.05. The van der Waals surface area contributed by atoms with Crippen molar-refractivity contribution in [2.75, 3.05) is 39.5 Å². The fourth-order valence-electron chi connectivity index (χ4n) is 2.25. The van der Waals surface area contributed by atoms with Gasteiger partial charge in [0, 0.05) is 32.7 Å². The van der Waals surface area contributed by atoms with Gasteiger partial charge in [-0.2, -0.15) is 0 Å². The Morgan fingerprint density at radius 2 is 2.00 bits per heavy atom. The molecule has 2 rings (SSSR count). The molecule has 0 aliphatic carbocycles. The Balaban J connectivity index is 0.00000200. The van der Waals surface area contributed by atoms with Crippen molar-refractivity contribution in [2.24, 2.45) is 0 Å². The molecule has 20 heavy (non-hydrogen) atoms. The molecule has 0 aromatic heterocycles. The quantitative estimate of drug-likeness (QED) is 0.788. The van der Waals surface area contributed by atoms with Crippen LogP contribution in [0.25, 0.3) is 0 Å². The molecule has 0 atom stereocenters. The minimum atomic E-state index is 0. The summed E-state index contributed by atoms with van der Waals surface area (Å²) in [4.78, 5) is 4.76. The van der Waals surface area contributed by atoms with Crippen LogP contribution in [0.1, 0.15) is 5.56 Å². The van der Waals surface area contributed by atoms with Crippen LogP contribution >= 0.6 is 36.4 Å². The molecule has 0 saturated carbocycles. The fourth-order valence-corrected chi connectivity index (χ4v) is 2.87. The van der Waals surface area contributed by atoms with E-state index in [4.69, 9.17) is 17.0 Å². The van der Waals surface area contributed by atoms with Crippen LogP contribution in [0, 0.1) is 0 Å². The van der Waals surface area contributed by atoms with Crippen LogP contribution in [0.5, 0.6) is 5.75 Å². The molecule has 0 radical (unpaired) electrons. The lowest BCUT2D eigenvalue weighted by Gasteiger charge is -2.35. The number of ether oxygens (including phenoxy) is 1. The van der Waals surface area contributed by atoms with Gasteiger partial charge in [-0.1, -0.05) is 24.4 Å². The summed E-state index contributed by atoms with van der Waals surface area (Å²) in [7, 11) is 1.71. The Bertz CT molecular complexity index is 437. The van der Waals surface area contributed by atoms with Gasteiger partial charge in [-0.05, 0) is 24.0 Å². The Morgan fingerprint density at radius 1 is 1.30 bits per heavy atom. The second kappa shape index (κ2) is 8.72. The number of benzene rings is 1. The first-order valence-electron chi connectivity index (χ1n) is 6.41. The Hall–Kier alpha value is -0.490. The van der Waals surface area contributed by atoms with E-state index in [1.54, 1.807) is 18.9 Å². The molecular weight excluding hydrogens is 312 g/mol. The first-order valence-corrected chi connectivity index (χ1v) is 8.04. The summed E-state index contributed by atoms with van der Waals surface area (Å²) in [5, 5.41) is 0. The monoisotopic (exact) mass is 332 g/mol. The zero-order valence-electron chi connectivity index (χ0n) is 11.9. The Kier molecular flexibility index (Phi) is 7.66. The normalized spacial score (nSPS) is 15.6. The van der Waals surface area contributed by atoms with Crippen molar-refractivity contribution in [2.45, 2.75) is 6.54 Å². The average Bonchev–Trinajstić information content (AvgIpc) is 2.47. The summed E-state index contributed by atoms with van der Waals surface area (Å²) in [6, 6.07) is 8.30. The first kappa shape index (κ1) is 17.6. The zero-order valence-corrected chi connectivity index (χ0v) is 14.3. The molecule has 0 amide bonds. The third-order valence-corrected chi connectivity index (χ3v) is 4.71. The van der Waals surface area contributed by atoms with Crippen molar-refractivity contribution < 1.29 is 4.74 Å². The molecule has 0 bridgehead atoms. The second-order valence-electron chi connectivity index (χ2n) is 4.58. The molecule has 1 heterocycles. The molecule has 6 heteroatoms. The molecule has 0 unspecified atom stereocenters. The van der Waals surface area contributed by atoms with E-state index >= 15 is 0 Å². The highest BCUT2D eigenvalue weighted by Gasteiger charge is 2.18. The van der Waals surface area contributed by atoms with Crippen molar-refractivity contribution in [1.82, 2.24) is 9.80 Å². The van der Waals surface area contributed by atoms with Gasteiger partial charge >= 0.3 is 0 Å². The predicted octanol–water partition coefficient (Wildman–Crippen LogP) is 2.88. The number of piperazine rings is 1. The molecule has 112 valence electrons. The highest BCUT2D eigenvalue weighted by atomic mass is 35.5. The zero-order chi connectivity index (χ0) is 13.7. The maximum absolute atomic E-state index is 5.33. The van der Waals surface area contributed by atoms with Crippen LogP contribution in [0.4, 0.5) is 0 Å². The van der Waals surface area contributed by atoms with Gasteiger partial charge in [0.1, 0.15) is 10.1 Å². The lowest BCUT2D eigenvalue weighted by molar-refractivity contribution is 0.179. The van der Waals surface area contributed by atoms with E-state index in [-0.39, 0.29) is 12.4 Å². The van der Waals surface area contributed by atoms with Gasteiger partial charge in [0.2, 0.25) is 0 Å². The number of rotatable bonds is 3. The smallest absolute Gasteiger partial charge is 0.136 e. The third kappa shape index (κ3) is 4.81. The Morgan fingerprint density at radius 3 is 2.60 bits per heavy atom. The molecule has 3 nitrogen and oxygen atoms in total. The molecule has 1 aromatic rings. The average molecular weight is 333 g/mol. The van der Waals surface area contributed by atoms with Crippen molar-refractivity contribution in [3.63, 3.8) is 0 Å². The maximum atomic E-state index is 5.33. The fraction of sp³-hybridized carbons (Fsp3) is 0.500. The van der Waals surface area contributed by atoms with Crippen LogP contribution in [-0.2, 0) is 6.54 Å². The van der Waals surface area contributed by atoms with E-state index < -0.39 is 0 Å². The maximum Gasteiger partial charge on any atom is 0.136 e. The number of methoxy groups -OCH3 is 1. The summed E-state index contributed by atoms with van der Waals surface area (Å²) in [5.41, 5.74) is 1.31. The summed E-state index contributed by atoms with van der Waals surface area (Å²) >= 11 is 6.99. The third-order valence-electron chi connectivity index (χ3n) is 3.35. The van der Waals surface area contributed by atoms with Gasteiger partial charge in [-0.25, -0.2) is 0 Å². The summed E-state index contributed by atoms with van der Waals surface area (Å²) in [6.45, 7) is 5.18. The van der Waals surface area contributed by atoms with E-state index in [9.17, 15) is 0 Å². The van der Waals surface area contributed by atoms with Crippen molar-refractivity contribution in [1.29, 1.82) is 0 Å². The standard InChI is InChI=1S/C14H20N2OS2.ClH/c1-17-13-5-3-4-12(10-13)11-15-6-8-16(9-7-15)14(18)19-2;/h3-5,10H,6-9,11H2,1-2H3;1H. The number of thioether (sulfide) groups is 1. The first-order chi connectivity index (χ1) is 9.22. The molecule has 1 aliphatic heterocycles. The largest absolute Gasteiger partial charge is 0.497 e. The van der Waals surface area contributed by atoms with Gasteiger partial charge in [0.05, 0.1) is 7.11 Å². The van der Waals surface area contributed by atoms with Gasteiger partial charge in [-0.15, -0.1) is 24.2 Å². The molecule has 1 aliphatic rings. The van der Waals surface area contributed by atoms with E-state index in [0.29, 0.717) is 0 Å². The minimum Gasteiger partial charge on any atom is -0.497 e. The number of nitrogens with zero attached hydrogens (tertiary/aromatic N) is 2. The van der Waals surface area contributed by atoms with Crippen LogP contribution < -0.4 is 4.74 Å². The lowest BCUT2D eigenvalue weighted by Crippen LogP contribution is -2.47. The number of hydrogen-bond donors (Lipinski definition) is 0. The molecule has 1 fully saturated rings. The number of hydrogen-bond acceptors (Lipinski definition) is 4. The van der Waals surface area contributed by atoms with E-state index in [1.807, 2.05) is 18.4 Å². The predicted molar refractivity (Wildman–Crippen MR) is 93.2 cm³/mol. The highest BCUT2D eigenvalue weighted by molar-refractivity contribution is 8.22. The van der Waals surface area contributed by atoms with Crippen molar-refractivity contribution in [3.8, 4) is 5.75 Å². The molecule has 0 N–H and O–H groups in total. The minimum absolute atomic E-state index is 0. The van der Waals surface area contributed by atoms with E-state index in [1.165, 1.54) is 5.56 Å². The van der Waals surface area contributed by atoms with Crippen LogP contribution in [0.15, 0.2) is 24.3 Å². The van der Waals surface area contributed by atoms with Crippen LogP contribution in [-0.4, -0.2) is 53.7 Å². The summed E-state index contributed by atoms with van der Waals surface area (Å²) in [5.74, 6) is 0.930. The van der Waals surface area contributed by atoms with Gasteiger partial charge in [0.25, 0.3) is 0 Å². The highest BCUT2D eigenvalue weighted by Crippen LogP contribution is 2.16. The topological polar surface area (TPSA) is 15.7 Å². The van der Waals surface area contributed by atoms with Gasteiger partial charge in [0.15, 0.2) is 0 Å². The summed E-state index contributed by atoms with van der Waals surface area (Å²) < 4.78 is 6.28. The van der Waals surface area contributed by atoms with Crippen LogP contribution in [0.2, 0.25) is 0 Å².